The number of hydrogen-bond donors (Lipinski definition) is 1. The number of nitrogens with two attached hydrogens (primary N) is 1. The van der Waals surface area contributed by atoms with Gasteiger partial charge in [-0.25, -0.2) is 0 Å². The van der Waals surface area contributed by atoms with Crippen LogP contribution in [-0.4, -0.2) is 59.9 Å². The van der Waals surface area contributed by atoms with Crippen LogP contribution in [0.2, 0.25) is 0 Å². The highest BCUT2D eigenvalue weighted by atomic mass is 16.2. The summed E-state index contributed by atoms with van der Waals surface area (Å²) in [5, 5.41) is 0. The quantitative estimate of drug-likeness (QED) is 0.846. The van der Waals surface area contributed by atoms with Gasteiger partial charge in [0.1, 0.15) is 6.17 Å². The summed E-state index contributed by atoms with van der Waals surface area (Å²) in [7, 11) is 0. The second-order valence-electron chi connectivity index (χ2n) is 8.32. The van der Waals surface area contributed by atoms with E-state index in [1.165, 1.54) is 0 Å². The molecule has 0 aliphatic carbocycles. The minimum Gasteiger partial charge on any atom is -0.369 e. The molecule has 2 fully saturated rings. The smallest absolute Gasteiger partial charge is 0.257 e. The van der Waals surface area contributed by atoms with Crippen LogP contribution in [0.5, 0.6) is 0 Å². The minimum absolute atomic E-state index is 0.0393. The molecular formula is C22H30N4O3. The van der Waals surface area contributed by atoms with Gasteiger partial charge in [-0.1, -0.05) is 6.42 Å². The zero-order chi connectivity index (χ0) is 20.5. The van der Waals surface area contributed by atoms with Crippen molar-refractivity contribution in [3.63, 3.8) is 0 Å². The molecule has 3 aliphatic rings. The highest BCUT2D eigenvalue weighted by Crippen LogP contribution is 2.35. The van der Waals surface area contributed by atoms with E-state index in [2.05, 4.69) is 11.8 Å². The Morgan fingerprint density at radius 3 is 2.52 bits per heavy atom. The van der Waals surface area contributed by atoms with Gasteiger partial charge in [0.2, 0.25) is 5.91 Å². The Bertz CT molecular complexity index is 816. The molecule has 0 radical (unpaired) electrons. The second kappa shape index (κ2) is 8.05. The largest absolute Gasteiger partial charge is 0.369 e. The summed E-state index contributed by atoms with van der Waals surface area (Å²) >= 11 is 0. The number of fused-ring (bicyclic) bond motifs is 2. The Labute approximate surface area is 171 Å². The van der Waals surface area contributed by atoms with Crippen molar-refractivity contribution < 1.29 is 14.4 Å². The number of benzene rings is 1. The van der Waals surface area contributed by atoms with E-state index in [0.717, 1.165) is 44.5 Å². The van der Waals surface area contributed by atoms with E-state index in [4.69, 9.17) is 5.73 Å². The molecule has 2 N–H and O–H groups in total. The van der Waals surface area contributed by atoms with Crippen molar-refractivity contribution in [1.82, 2.24) is 9.80 Å². The lowest BCUT2D eigenvalue weighted by Crippen LogP contribution is -2.55. The number of primary amides is 1. The molecule has 0 spiro atoms. The van der Waals surface area contributed by atoms with Crippen molar-refractivity contribution in [3.05, 3.63) is 29.3 Å². The topological polar surface area (TPSA) is 87.0 Å². The molecule has 4 rings (SSSR count). The van der Waals surface area contributed by atoms with Crippen molar-refractivity contribution in [3.8, 4) is 0 Å². The molecule has 0 bridgehead atoms. The molecule has 1 aromatic carbocycles. The Hall–Kier alpha value is -2.57. The van der Waals surface area contributed by atoms with Gasteiger partial charge in [-0.15, -0.1) is 0 Å². The Morgan fingerprint density at radius 2 is 1.83 bits per heavy atom. The van der Waals surface area contributed by atoms with Crippen molar-refractivity contribution in [2.24, 2.45) is 11.7 Å². The molecule has 3 aliphatic heterocycles. The summed E-state index contributed by atoms with van der Waals surface area (Å²) < 4.78 is 0. The predicted molar refractivity (Wildman–Crippen MR) is 111 cm³/mol. The van der Waals surface area contributed by atoms with Crippen molar-refractivity contribution in [2.45, 2.75) is 51.6 Å². The first kappa shape index (κ1) is 19.7. The Kier molecular flexibility index (Phi) is 5.48. The lowest BCUT2D eigenvalue weighted by molar-refractivity contribution is -0.123. The van der Waals surface area contributed by atoms with Crippen LogP contribution in [0, 0.1) is 5.92 Å². The first-order chi connectivity index (χ1) is 14.0. The maximum absolute atomic E-state index is 13.1. The van der Waals surface area contributed by atoms with Gasteiger partial charge in [-0.2, -0.15) is 0 Å². The van der Waals surface area contributed by atoms with Crippen LogP contribution in [0.25, 0.3) is 0 Å². The fraction of sp³-hybridized carbons (Fsp3) is 0.591. The van der Waals surface area contributed by atoms with Crippen molar-refractivity contribution in [1.29, 1.82) is 0 Å². The van der Waals surface area contributed by atoms with Gasteiger partial charge in [0, 0.05) is 37.7 Å². The number of amides is 3. The fourth-order valence-electron chi connectivity index (χ4n) is 4.98. The van der Waals surface area contributed by atoms with E-state index in [-0.39, 0.29) is 29.8 Å². The van der Waals surface area contributed by atoms with Crippen LogP contribution in [-0.2, 0) is 4.79 Å². The molecule has 29 heavy (non-hydrogen) atoms. The van der Waals surface area contributed by atoms with Gasteiger partial charge < -0.3 is 20.4 Å². The number of nitrogens with zero attached hydrogens (tertiary/aromatic N) is 3. The number of hydrogen-bond acceptors (Lipinski definition) is 4. The molecular weight excluding hydrogens is 368 g/mol. The highest BCUT2D eigenvalue weighted by molar-refractivity contribution is 6.04. The van der Waals surface area contributed by atoms with E-state index in [0.29, 0.717) is 37.1 Å². The SMILES string of the molecule is CCN1c2cc(C(=O)N3CCC(C(N)=O)CC3)ccc2C(=O)N2CCCCCC21. The van der Waals surface area contributed by atoms with E-state index < -0.39 is 0 Å². The maximum atomic E-state index is 13.1. The number of anilines is 1. The first-order valence-corrected chi connectivity index (χ1v) is 10.8. The Balaban J connectivity index is 1.59. The van der Waals surface area contributed by atoms with Gasteiger partial charge in [0.05, 0.1) is 11.3 Å². The second-order valence-corrected chi connectivity index (χ2v) is 8.32. The van der Waals surface area contributed by atoms with Gasteiger partial charge in [0.25, 0.3) is 11.8 Å². The number of carbonyl (C=O) groups is 3. The van der Waals surface area contributed by atoms with E-state index in [9.17, 15) is 14.4 Å². The van der Waals surface area contributed by atoms with Crippen LogP contribution >= 0.6 is 0 Å². The molecule has 0 saturated carbocycles. The third kappa shape index (κ3) is 3.58. The number of carbonyl (C=O) groups excluding carboxylic acids is 3. The lowest BCUT2D eigenvalue weighted by Gasteiger charge is -2.45. The van der Waals surface area contributed by atoms with E-state index in [1.54, 1.807) is 11.0 Å². The zero-order valence-corrected chi connectivity index (χ0v) is 17.1. The summed E-state index contributed by atoms with van der Waals surface area (Å²) in [6.45, 7) is 4.77. The fourth-order valence-corrected chi connectivity index (χ4v) is 4.98. The average Bonchev–Trinajstić information content (AvgIpc) is 3.00. The summed E-state index contributed by atoms with van der Waals surface area (Å²) in [4.78, 5) is 43.6. The molecule has 0 aromatic heterocycles. The zero-order valence-electron chi connectivity index (χ0n) is 17.1. The van der Waals surface area contributed by atoms with Gasteiger partial charge >= 0.3 is 0 Å². The molecule has 7 heteroatoms. The standard InChI is InChI=1S/C22H30N4O3/c1-2-25-18-14-16(21(28)24-12-9-15(10-13-24)20(23)27)7-8-17(18)22(29)26-11-5-3-4-6-19(25)26/h7-8,14-15,19H,2-6,9-13H2,1H3,(H2,23,27). The third-order valence-electron chi connectivity index (χ3n) is 6.65. The maximum Gasteiger partial charge on any atom is 0.257 e. The third-order valence-corrected chi connectivity index (χ3v) is 6.65. The Morgan fingerprint density at radius 1 is 1.07 bits per heavy atom. The van der Waals surface area contributed by atoms with Crippen LogP contribution in [0.15, 0.2) is 18.2 Å². The van der Waals surface area contributed by atoms with Crippen LogP contribution < -0.4 is 10.6 Å². The molecule has 2 saturated heterocycles. The number of likely N-dealkylation sites (tertiary alicyclic amines) is 1. The minimum atomic E-state index is -0.282. The molecule has 7 nitrogen and oxygen atoms in total. The van der Waals surface area contributed by atoms with Crippen molar-refractivity contribution >= 4 is 23.4 Å². The normalized spacial score (nSPS) is 22.7. The van der Waals surface area contributed by atoms with Crippen molar-refractivity contribution in [2.75, 3.05) is 31.1 Å². The predicted octanol–water partition coefficient (Wildman–Crippen LogP) is 2.21. The first-order valence-electron chi connectivity index (χ1n) is 10.8. The molecule has 3 heterocycles. The van der Waals surface area contributed by atoms with Gasteiger partial charge in [-0.05, 0) is 57.2 Å². The number of piperidine rings is 1. The highest BCUT2D eigenvalue weighted by Gasteiger charge is 2.38. The van der Waals surface area contributed by atoms with Crippen LogP contribution in [0.4, 0.5) is 5.69 Å². The summed E-state index contributed by atoms with van der Waals surface area (Å²) in [6, 6.07) is 5.47. The number of rotatable bonds is 3. The molecule has 3 amide bonds. The molecule has 1 atom stereocenters. The molecule has 1 unspecified atom stereocenters. The average molecular weight is 399 g/mol. The lowest BCUT2D eigenvalue weighted by atomic mass is 9.95. The van der Waals surface area contributed by atoms with E-state index >= 15 is 0 Å². The van der Waals surface area contributed by atoms with Gasteiger partial charge in [-0.3, -0.25) is 14.4 Å². The summed E-state index contributed by atoms with van der Waals surface area (Å²) in [6.07, 6.45) is 5.60. The van der Waals surface area contributed by atoms with Gasteiger partial charge in [0.15, 0.2) is 0 Å². The van der Waals surface area contributed by atoms with E-state index in [1.807, 2.05) is 17.0 Å². The summed E-state index contributed by atoms with van der Waals surface area (Å²) in [5.74, 6) is -0.381. The van der Waals surface area contributed by atoms with Crippen LogP contribution in [0.3, 0.4) is 0 Å². The summed E-state index contributed by atoms with van der Waals surface area (Å²) in [5.41, 5.74) is 7.57. The monoisotopic (exact) mass is 398 g/mol. The van der Waals surface area contributed by atoms with Crippen LogP contribution in [0.1, 0.15) is 66.2 Å². The molecule has 1 aromatic rings. The molecule has 156 valence electrons.